The van der Waals surface area contributed by atoms with Crippen molar-refractivity contribution in [3.05, 3.63) is 12.2 Å². The van der Waals surface area contributed by atoms with Gasteiger partial charge >= 0.3 is 0 Å². The number of methoxy groups -OCH3 is 1. The van der Waals surface area contributed by atoms with E-state index < -0.39 is 0 Å². The van der Waals surface area contributed by atoms with E-state index in [1.807, 2.05) is 20.8 Å². The maximum absolute atomic E-state index is 11.8. The third-order valence-corrected chi connectivity index (χ3v) is 2.52. The molecule has 0 aromatic carbocycles. The first-order valence-electron chi connectivity index (χ1n) is 5.93. The number of ketones is 1. The summed E-state index contributed by atoms with van der Waals surface area (Å²) < 4.78 is 6.81. The van der Waals surface area contributed by atoms with E-state index in [1.54, 1.807) is 11.8 Å². The minimum absolute atomic E-state index is 0.185. The Bertz CT molecular complexity index is 360. The minimum Gasteiger partial charge on any atom is -0.384 e. The molecule has 0 saturated carbocycles. The fraction of sp³-hybridized carbons (Fsp3) is 0.750. The zero-order valence-electron chi connectivity index (χ0n) is 11.0. The third-order valence-electron chi connectivity index (χ3n) is 2.52. The van der Waals surface area contributed by atoms with Gasteiger partial charge in [-0.25, -0.2) is 9.67 Å². The van der Waals surface area contributed by atoms with Crippen molar-refractivity contribution in [1.29, 1.82) is 0 Å². The molecule has 0 aliphatic rings. The van der Waals surface area contributed by atoms with Gasteiger partial charge in [-0.2, -0.15) is 5.10 Å². The topological polar surface area (TPSA) is 57.0 Å². The number of hydrogen-bond donors (Lipinski definition) is 0. The van der Waals surface area contributed by atoms with Crippen molar-refractivity contribution in [1.82, 2.24) is 14.8 Å². The number of nitrogens with zero attached hydrogens (tertiary/aromatic N) is 3. The van der Waals surface area contributed by atoms with E-state index in [0.29, 0.717) is 19.4 Å². The van der Waals surface area contributed by atoms with Crippen LogP contribution < -0.4 is 0 Å². The molecule has 0 radical (unpaired) electrons. The zero-order valence-corrected chi connectivity index (χ0v) is 11.0. The predicted molar refractivity (Wildman–Crippen MR) is 64.8 cm³/mol. The third kappa shape index (κ3) is 4.26. The van der Waals surface area contributed by atoms with E-state index >= 15 is 0 Å². The van der Waals surface area contributed by atoms with Crippen LogP contribution in [0.1, 0.15) is 39.1 Å². The van der Waals surface area contributed by atoms with Crippen LogP contribution >= 0.6 is 0 Å². The SMILES string of the molecule is COCC(C)CC(=O)Cc1ncnn1C(C)C. The van der Waals surface area contributed by atoms with Crippen LogP contribution in [0.15, 0.2) is 6.33 Å². The Balaban J connectivity index is 2.53. The second-order valence-electron chi connectivity index (χ2n) is 4.69. The normalized spacial score (nSPS) is 13.0. The number of hydrogen-bond acceptors (Lipinski definition) is 4. The van der Waals surface area contributed by atoms with Gasteiger partial charge in [0.1, 0.15) is 17.9 Å². The minimum atomic E-state index is 0.185. The van der Waals surface area contributed by atoms with Crippen LogP contribution in [0.25, 0.3) is 0 Å². The van der Waals surface area contributed by atoms with Crippen molar-refractivity contribution >= 4 is 5.78 Å². The van der Waals surface area contributed by atoms with E-state index in [4.69, 9.17) is 4.74 Å². The summed E-state index contributed by atoms with van der Waals surface area (Å²) in [5, 5.41) is 4.11. The Kier molecular flexibility index (Phi) is 5.28. The lowest BCUT2D eigenvalue weighted by Crippen LogP contribution is -2.16. The van der Waals surface area contributed by atoms with E-state index in [2.05, 4.69) is 10.1 Å². The Labute approximate surface area is 102 Å². The van der Waals surface area contributed by atoms with Crippen LogP contribution in [0.4, 0.5) is 0 Å². The van der Waals surface area contributed by atoms with Crippen molar-refractivity contribution in [3.8, 4) is 0 Å². The van der Waals surface area contributed by atoms with Crippen molar-refractivity contribution < 1.29 is 9.53 Å². The van der Waals surface area contributed by atoms with Crippen LogP contribution in [0.5, 0.6) is 0 Å². The number of carbonyl (C=O) groups excluding carboxylic acids is 1. The molecule has 0 N–H and O–H groups in total. The van der Waals surface area contributed by atoms with Crippen molar-refractivity contribution in [2.45, 2.75) is 39.7 Å². The maximum atomic E-state index is 11.8. The van der Waals surface area contributed by atoms with E-state index in [9.17, 15) is 4.79 Å². The van der Waals surface area contributed by atoms with Gasteiger partial charge in [-0.3, -0.25) is 4.79 Å². The summed E-state index contributed by atoms with van der Waals surface area (Å²) >= 11 is 0. The van der Waals surface area contributed by atoms with Crippen LogP contribution in [-0.2, 0) is 16.0 Å². The summed E-state index contributed by atoms with van der Waals surface area (Å²) in [6, 6.07) is 0.233. The van der Waals surface area contributed by atoms with Gasteiger partial charge in [-0.05, 0) is 19.8 Å². The van der Waals surface area contributed by atoms with Crippen LogP contribution in [0, 0.1) is 5.92 Å². The molecule has 0 amide bonds. The number of ether oxygens (including phenoxy) is 1. The lowest BCUT2D eigenvalue weighted by molar-refractivity contribution is -0.119. The molecule has 1 rings (SSSR count). The summed E-state index contributed by atoms with van der Waals surface area (Å²) in [6.07, 6.45) is 2.38. The summed E-state index contributed by atoms with van der Waals surface area (Å²) in [6.45, 7) is 6.67. The molecule has 1 aromatic heterocycles. The van der Waals surface area contributed by atoms with Gasteiger partial charge in [0, 0.05) is 26.2 Å². The molecule has 0 aliphatic carbocycles. The van der Waals surface area contributed by atoms with E-state index in [0.717, 1.165) is 5.82 Å². The molecule has 5 nitrogen and oxygen atoms in total. The van der Waals surface area contributed by atoms with Gasteiger partial charge in [0.2, 0.25) is 0 Å². The van der Waals surface area contributed by atoms with Gasteiger partial charge in [0.05, 0.1) is 6.42 Å². The summed E-state index contributed by atoms with van der Waals surface area (Å²) in [7, 11) is 1.65. The van der Waals surface area contributed by atoms with Gasteiger partial charge in [0.25, 0.3) is 0 Å². The highest BCUT2D eigenvalue weighted by Crippen LogP contribution is 2.09. The molecule has 1 aromatic rings. The quantitative estimate of drug-likeness (QED) is 0.726. The number of carbonyl (C=O) groups is 1. The summed E-state index contributed by atoms with van der Waals surface area (Å²) in [4.78, 5) is 16.0. The lowest BCUT2D eigenvalue weighted by Gasteiger charge is -2.11. The Morgan fingerprint density at radius 2 is 2.18 bits per heavy atom. The molecule has 17 heavy (non-hydrogen) atoms. The number of rotatable bonds is 7. The first-order chi connectivity index (χ1) is 8.04. The molecule has 0 fully saturated rings. The second kappa shape index (κ2) is 6.49. The first kappa shape index (κ1) is 13.8. The second-order valence-corrected chi connectivity index (χ2v) is 4.69. The van der Waals surface area contributed by atoms with Crippen molar-refractivity contribution in [3.63, 3.8) is 0 Å². The molecular weight excluding hydrogens is 218 g/mol. The van der Waals surface area contributed by atoms with Crippen LogP contribution in [0.2, 0.25) is 0 Å². The average molecular weight is 239 g/mol. The van der Waals surface area contributed by atoms with Gasteiger partial charge in [0.15, 0.2) is 0 Å². The maximum Gasteiger partial charge on any atom is 0.140 e. The molecule has 1 heterocycles. The molecule has 1 atom stereocenters. The van der Waals surface area contributed by atoms with Crippen molar-refractivity contribution in [2.75, 3.05) is 13.7 Å². The fourth-order valence-electron chi connectivity index (χ4n) is 1.81. The van der Waals surface area contributed by atoms with Gasteiger partial charge in [-0.1, -0.05) is 6.92 Å². The Morgan fingerprint density at radius 3 is 2.76 bits per heavy atom. The fourth-order valence-corrected chi connectivity index (χ4v) is 1.81. The molecule has 96 valence electrons. The predicted octanol–water partition coefficient (Wildman–Crippen LogP) is 1.64. The van der Waals surface area contributed by atoms with Crippen LogP contribution in [0.3, 0.4) is 0 Å². The first-order valence-corrected chi connectivity index (χ1v) is 5.93. The molecular formula is C12H21N3O2. The van der Waals surface area contributed by atoms with E-state index in [-0.39, 0.29) is 17.7 Å². The van der Waals surface area contributed by atoms with Crippen LogP contribution in [-0.4, -0.2) is 34.3 Å². The van der Waals surface area contributed by atoms with Gasteiger partial charge < -0.3 is 4.74 Å². The largest absolute Gasteiger partial charge is 0.384 e. The number of Topliss-reactive ketones (excluding diaryl/α,β-unsaturated/α-hetero) is 1. The highest BCUT2D eigenvalue weighted by Gasteiger charge is 2.14. The lowest BCUT2D eigenvalue weighted by atomic mass is 10.0. The Morgan fingerprint density at radius 1 is 1.47 bits per heavy atom. The molecule has 0 spiro atoms. The summed E-state index contributed by atoms with van der Waals surface area (Å²) in [5.74, 6) is 1.18. The molecule has 0 saturated heterocycles. The van der Waals surface area contributed by atoms with Crippen molar-refractivity contribution in [2.24, 2.45) is 5.92 Å². The summed E-state index contributed by atoms with van der Waals surface area (Å²) in [5.41, 5.74) is 0. The standard InChI is InChI=1S/C12H21N3O2/c1-9(2)15-12(13-8-14-15)6-11(16)5-10(3)7-17-4/h8-10H,5-7H2,1-4H3. The monoisotopic (exact) mass is 239 g/mol. The zero-order chi connectivity index (χ0) is 12.8. The molecule has 0 aliphatic heterocycles. The molecule has 1 unspecified atom stereocenters. The average Bonchev–Trinajstić information content (AvgIpc) is 2.65. The van der Waals surface area contributed by atoms with Gasteiger partial charge in [-0.15, -0.1) is 0 Å². The number of aromatic nitrogens is 3. The molecule has 0 bridgehead atoms. The highest BCUT2D eigenvalue weighted by atomic mass is 16.5. The smallest absolute Gasteiger partial charge is 0.140 e. The Hall–Kier alpha value is -1.23. The van der Waals surface area contributed by atoms with E-state index in [1.165, 1.54) is 6.33 Å². The highest BCUT2D eigenvalue weighted by molar-refractivity contribution is 5.80. The molecule has 5 heteroatoms.